The zero-order valence-electron chi connectivity index (χ0n) is 13.8. The molecule has 0 saturated carbocycles. The van der Waals surface area contributed by atoms with Gasteiger partial charge >= 0.3 is 59.4 Å². The summed E-state index contributed by atoms with van der Waals surface area (Å²) in [6, 6.07) is 0. The summed E-state index contributed by atoms with van der Waals surface area (Å²) in [5.74, 6) is -10.4. The minimum Gasteiger partial charge on any atom is -0.547 e. The molecule has 14 nitrogen and oxygen atoms in total. The van der Waals surface area contributed by atoms with Gasteiger partial charge in [0.1, 0.15) is 5.60 Å². The van der Waals surface area contributed by atoms with Gasteiger partial charge in [0.25, 0.3) is 0 Å². The molecule has 0 aliphatic heterocycles. The van der Waals surface area contributed by atoms with Crippen LogP contribution in [0.25, 0.3) is 0 Å². The molecular weight excluding hydrogens is 391 g/mol. The van der Waals surface area contributed by atoms with E-state index in [1.165, 1.54) is 0 Å². The van der Waals surface area contributed by atoms with Crippen molar-refractivity contribution in [3.63, 3.8) is 0 Å². The van der Waals surface area contributed by atoms with Crippen LogP contribution in [0, 0.1) is 0 Å². The molecule has 0 heterocycles. The summed E-state index contributed by atoms with van der Waals surface area (Å²) in [6.45, 7) is 0. The Morgan fingerprint density at radius 1 is 0.593 bits per heavy atom. The van der Waals surface area contributed by atoms with Gasteiger partial charge in [-0.2, -0.15) is 0 Å². The molecule has 0 aromatic rings. The van der Waals surface area contributed by atoms with Crippen LogP contribution < -0.4 is 34.7 Å². The fourth-order valence-corrected chi connectivity index (χ4v) is 1.42. The van der Waals surface area contributed by atoms with Crippen LogP contribution in [0.15, 0.2) is 0 Å². The van der Waals surface area contributed by atoms with Crippen molar-refractivity contribution in [3.8, 4) is 0 Å². The van der Waals surface area contributed by atoms with Gasteiger partial charge in [-0.15, -0.1) is 0 Å². The number of hydrogen-bond acceptors (Lipinski definition) is 9. The molecule has 0 saturated heterocycles. The summed E-state index contributed by atoms with van der Waals surface area (Å²) >= 11 is 0. The van der Waals surface area contributed by atoms with Crippen molar-refractivity contribution in [3.05, 3.63) is 0 Å². The predicted molar refractivity (Wildman–Crippen MR) is 71.6 cm³/mol. The Kier molecular flexibility index (Phi) is 13.3. The normalized spacial score (nSPS) is 10.4. The smallest absolute Gasteiger partial charge is 0.547 e. The monoisotopic (exact) mass is 406 g/mol. The number of aliphatic hydroxyl groups is 2. The average molecular weight is 406 g/mol. The maximum Gasteiger partial charge on any atom is 1.00 e. The SMILES string of the molecule is O=C(O)CC(O)(CC(=O)O)C(=O)O.O=C(O)CC(O)(CC(=O)O)C(=O)[O-].[Na+]. The van der Waals surface area contributed by atoms with Gasteiger partial charge < -0.3 is 45.6 Å². The van der Waals surface area contributed by atoms with Crippen molar-refractivity contribution in [2.45, 2.75) is 36.9 Å². The second kappa shape index (κ2) is 12.2. The van der Waals surface area contributed by atoms with E-state index in [4.69, 9.17) is 35.7 Å². The Labute approximate surface area is 171 Å². The number of aliphatic carboxylic acids is 6. The summed E-state index contributed by atoms with van der Waals surface area (Å²) in [4.78, 5) is 60.8. The van der Waals surface area contributed by atoms with Gasteiger partial charge in [0.15, 0.2) is 5.60 Å². The van der Waals surface area contributed by atoms with E-state index in [-0.39, 0.29) is 29.6 Å². The molecule has 0 fully saturated rings. The summed E-state index contributed by atoms with van der Waals surface area (Å²) in [5, 5.41) is 69.4. The molecule has 0 amide bonds. The zero-order chi connectivity index (χ0) is 21.3. The van der Waals surface area contributed by atoms with Gasteiger partial charge in [-0.1, -0.05) is 0 Å². The summed E-state index contributed by atoms with van der Waals surface area (Å²) in [7, 11) is 0. The molecule has 0 aliphatic rings. The van der Waals surface area contributed by atoms with Crippen molar-refractivity contribution < 1.29 is 99.2 Å². The minimum atomic E-state index is -2.85. The third kappa shape index (κ3) is 12.7. The molecule has 27 heavy (non-hydrogen) atoms. The number of hydrogen-bond donors (Lipinski definition) is 7. The van der Waals surface area contributed by atoms with Crippen LogP contribution in [0.5, 0.6) is 0 Å². The Morgan fingerprint density at radius 3 is 0.963 bits per heavy atom. The first kappa shape index (κ1) is 29.5. The molecule has 0 spiro atoms. The molecule has 148 valence electrons. The first-order chi connectivity index (χ1) is 11.6. The Bertz CT molecular complexity index is 513. The number of carboxylic acids is 6. The van der Waals surface area contributed by atoms with Crippen LogP contribution in [0.2, 0.25) is 0 Å². The van der Waals surface area contributed by atoms with E-state index in [1.807, 2.05) is 0 Å². The van der Waals surface area contributed by atoms with E-state index in [2.05, 4.69) is 0 Å². The number of carboxylic acid groups (broad SMARTS) is 6. The second-order valence-corrected chi connectivity index (χ2v) is 4.94. The van der Waals surface area contributed by atoms with Gasteiger partial charge in [0, 0.05) is 0 Å². The summed E-state index contributed by atoms with van der Waals surface area (Å²) in [6.07, 6.45) is -4.70. The molecule has 15 heteroatoms. The number of rotatable bonds is 10. The number of carbonyl (C=O) groups excluding carboxylic acids is 1. The van der Waals surface area contributed by atoms with Crippen LogP contribution >= 0.6 is 0 Å². The minimum absolute atomic E-state index is 0. The van der Waals surface area contributed by atoms with Crippen molar-refractivity contribution in [1.82, 2.24) is 0 Å². The summed E-state index contributed by atoms with van der Waals surface area (Å²) < 4.78 is 0. The van der Waals surface area contributed by atoms with Crippen molar-refractivity contribution in [2.75, 3.05) is 0 Å². The van der Waals surface area contributed by atoms with E-state index in [0.717, 1.165) is 0 Å². The molecular formula is C12H15NaO14. The molecule has 7 N–H and O–H groups in total. The van der Waals surface area contributed by atoms with Gasteiger partial charge in [0.2, 0.25) is 0 Å². The average Bonchev–Trinajstić information content (AvgIpc) is 2.34. The zero-order valence-corrected chi connectivity index (χ0v) is 15.8. The molecule has 0 aliphatic carbocycles. The largest absolute Gasteiger partial charge is 1.00 e. The van der Waals surface area contributed by atoms with E-state index in [1.54, 1.807) is 0 Å². The Hall–Kier alpha value is -2.26. The van der Waals surface area contributed by atoms with Crippen molar-refractivity contribution >= 4 is 35.8 Å². The molecule has 0 aromatic heterocycles. The number of carbonyl (C=O) groups is 6. The molecule has 0 radical (unpaired) electrons. The topological polar surface area (TPSA) is 267 Å². The third-order valence-corrected chi connectivity index (χ3v) is 2.55. The van der Waals surface area contributed by atoms with Crippen LogP contribution in [-0.2, 0) is 28.8 Å². The van der Waals surface area contributed by atoms with E-state index < -0.39 is 72.7 Å². The van der Waals surface area contributed by atoms with Crippen LogP contribution in [0.3, 0.4) is 0 Å². The van der Waals surface area contributed by atoms with Gasteiger partial charge in [0.05, 0.1) is 31.7 Å². The second-order valence-electron chi connectivity index (χ2n) is 4.94. The molecule has 0 aromatic carbocycles. The Balaban J connectivity index is -0.000000411. The van der Waals surface area contributed by atoms with E-state index in [0.29, 0.717) is 0 Å². The Morgan fingerprint density at radius 2 is 0.815 bits per heavy atom. The van der Waals surface area contributed by atoms with Crippen LogP contribution in [-0.4, -0.2) is 82.8 Å². The van der Waals surface area contributed by atoms with Crippen molar-refractivity contribution in [2.24, 2.45) is 0 Å². The van der Waals surface area contributed by atoms with Gasteiger partial charge in [-0.3, -0.25) is 19.2 Å². The maximum absolute atomic E-state index is 10.3. The standard InChI is InChI=1S/2C6H8O7.Na/c2*7-3(8)1-6(13,5(11)12)2-4(9)10;/h2*13H,1-2H2,(H,7,8)(H,9,10)(H,11,12);/q;;+1/p-1. The van der Waals surface area contributed by atoms with Gasteiger partial charge in [-0.25, -0.2) is 4.79 Å². The van der Waals surface area contributed by atoms with Crippen LogP contribution in [0.4, 0.5) is 0 Å². The molecule has 0 unspecified atom stereocenters. The quantitative estimate of drug-likeness (QED) is 0.166. The first-order valence-electron chi connectivity index (χ1n) is 6.32. The summed E-state index contributed by atoms with van der Waals surface area (Å²) in [5.41, 5.74) is -5.59. The van der Waals surface area contributed by atoms with E-state index >= 15 is 0 Å². The van der Waals surface area contributed by atoms with Gasteiger partial charge in [-0.05, 0) is 0 Å². The fourth-order valence-electron chi connectivity index (χ4n) is 1.42. The maximum atomic E-state index is 10.3. The molecule has 0 rings (SSSR count). The first-order valence-corrected chi connectivity index (χ1v) is 6.32. The molecule has 0 atom stereocenters. The fraction of sp³-hybridized carbons (Fsp3) is 0.500. The third-order valence-electron chi connectivity index (χ3n) is 2.55. The van der Waals surface area contributed by atoms with Crippen LogP contribution in [0.1, 0.15) is 25.7 Å². The van der Waals surface area contributed by atoms with E-state index in [9.17, 15) is 33.9 Å². The molecule has 0 bridgehead atoms. The van der Waals surface area contributed by atoms with Crippen molar-refractivity contribution in [1.29, 1.82) is 0 Å². The predicted octanol–water partition coefficient (Wildman–Crippen LogP) is -6.83.